The lowest BCUT2D eigenvalue weighted by molar-refractivity contribution is -0.123. The molecule has 0 amide bonds. The molecule has 1 fully saturated rings. The molecule has 0 N–H and O–H groups in total. The normalized spacial score (nSPS) is 27.8. The summed E-state index contributed by atoms with van der Waals surface area (Å²) in [6.45, 7) is 7.00. The van der Waals surface area contributed by atoms with E-state index in [0.29, 0.717) is 12.3 Å². The van der Waals surface area contributed by atoms with Crippen molar-refractivity contribution in [3.63, 3.8) is 0 Å². The second-order valence-electron chi connectivity index (χ2n) is 4.09. The van der Waals surface area contributed by atoms with Crippen LogP contribution in [0.1, 0.15) is 39.5 Å². The Morgan fingerprint density at radius 3 is 2.85 bits per heavy atom. The number of nitrogens with zero attached hydrogens (tertiary/aromatic N) is 1. The largest absolute Gasteiger partial charge is 0.298 e. The molecule has 1 aliphatic rings. The van der Waals surface area contributed by atoms with Gasteiger partial charge in [-0.1, -0.05) is 26.7 Å². The fourth-order valence-electron chi connectivity index (χ4n) is 1.85. The van der Waals surface area contributed by atoms with Crippen molar-refractivity contribution in [3.05, 3.63) is 0 Å². The SMILES string of the molecule is CCN1CCCCCC(C)C(=O)C1. The standard InChI is InChI=1S/C11H21NO/c1-3-12-8-6-4-5-7-10(2)11(13)9-12/h10H,3-9H2,1-2H3. The average molecular weight is 183 g/mol. The molecule has 0 radical (unpaired) electrons. The van der Waals surface area contributed by atoms with Crippen molar-refractivity contribution in [3.8, 4) is 0 Å². The minimum absolute atomic E-state index is 0.284. The van der Waals surface area contributed by atoms with Crippen LogP contribution in [0, 0.1) is 5.92 Å². The number of Topliss-reactive ketones (excluding diaryl/α,β-unsaturated/α-hetero) is 1. The van der Waals surface area contributed by atoms with Gasteiger partial charge in [0, 0.05) is 5.92 Å². The molecular formula is C11H21NO. The molecule has 0 spiro atoms. The summed E-state index contributed by atoms with van der Waals surface area (Å²) in [6.07, 6.45) is 4.86. The number of carbonyl (C=O) groups excluding carboxylic acids is 1. The first-order valence-electron chi connectivity index (χ1n) is 5.49. The fraction of sp³-hybridized carbons (Fsp3) is 0.909. The lowest BCUT2D eigenvalue weighted by atomic mass is 9.99. The van der Waals surface area contributed by atoms with E-state index in [-0.39, 0.29) is 5.92 Å². The zero-order valence-corrected chi connectivity index (χ0v) is 8.88. The Kier molecular flexibility index (Phi) is 4.43. The van der Waals surface area contributed by atoms with Crippen LogP contribution in [0.3, 0.4) is 0 Å². The third kappa shape index (κ3) is 3.47. The summed E-state index contributed by atoms with van der Waals surface area (Å²) in [5, 5.41) is 0. The van der Waals surface area contributed by atoms with E-state index in [4.69, 9.17) is 0 Å². The maximum absolute atomic E-state index is 11.6. The number of ketones is 1. The first kappa shape index (κ1) is 10.7. The van der Waals surface area contributed by atoms with Crippen molar-refractivity contribution in [2.75, 3.05) is 19.6 Å². The van der Waals surface area contributed by atoms with Crippen LogP contribution >= 0.6 is 0 Å². The van der Waals surface area contributed by atoms with Crippen molar-refractivity contribution in [1.82, 2.24) is 4.90 Å². The zero-order valence-electron chi connectivity index (χ0n) is 8.88. The third-order valence-electron chi connectivity index (χ3n) is 2.99. The van der Waals surface area contributed by atoms with E-state index in [1.165, 1.54) is 19.3 Å². The first-order chi connectivity index (χ1) is 6.24. The number of likely N-dealkylation sites (N-methyl/N-ethyl adjacent to an activating group) is 1. The smallest absolute Gasteiger partial charge is 0.149 e. The van der Waals surface area contributed by atoms with E-state index in [2.05, 4.69) is 18.7 Å². The number of carbonyl (C=O) groups is 1. The second-order valence-corrected chi connectivity index (χ2v) is 4.09. The lowest BCUT2D eigenvalue weighted by Gasteiger charge is -2.19. The minimum Gasteiger partial charge on any atom is -0.298 e. The Balaban J connectivity index is 2.49. The minimum atomic E-state index is 0.284. The highest BCUT2D eigenvalue weighted by molar-refractivity contribution is 5.82. The fourth-order valence-corrected chi connectivity index (χ4v) is 1.85. The van der Waals surface area contributed by atoms with Gasteiger partial charge in [0.2, 0.25) is 0 Å². The van der Waals surface area contributed by atoms with E-state index < -0.39 is 0 Å². The van der Waals surface area contributed by atoms with E-state index in [1.54, 1.807) is 0 Å². The molecule has 1 saturated heterocycles. The van der Waals surface area contributed by atoms with E-state index in [0.717, 1.165) is 19.5 Å². The predicted molar refractivity (Wildman–Crippen MR) is 54.8 cm³/mol. The van der Waals surface area contributed by atoms with Gasteiger partial charge in [-0.3, -0.25) is 9.69 Å². The van der Waals surface area contributed by atoms with Crippen LogP contribution in [0.15, 0.2) is 0 Å². The molecule has 1 aliphatic heterocycles. The summed E-state index contributed by atoms with van der Waals surface area (Å²) in [5.74, 6) is 0.718. The van der Waals surface area contributed by atoms with Crippen LogP contribution in [-0.4, -0.2) is 30.3 Å². The molecule has 0 aromatic carbocycles. The van der Waals surface area contributed by atoms with Gasteiger partial charge in [-0.15, -0.1) is 0 Å². The van der Waals surface area contributed by atoms with Crippen molar-refractivity contribution in [2.24, 2.45) is 5.92 Å². The number of hydrogen-bond donors (Lipinski definition) is 0. The van der Waals surface area contributed by atoms with Gasteiger partial charge >= 0.3 is 0 Å². The molecule has 0 saturated carbocycles. The van der Waals surface area contributed by atoms with Crippen molar-refractivity contribution >= 4 is 5.78 Å². The molecule has 1 rings (SSSR count). The Bertz CT molecular complexity index is 167. The summed E-state index contributed by atoms with van der Waals surface area (Å²) < 4.78 is 0. The zero-order chi connectivity index (χ0) is 9.68. The van der Waals surface area contributed by atoms with Gasteiger partial charge in [0.15, 0.2) is 0 Å². The molecule has 13 heavy (non-hydrogen) atoms. The molecular weight excluding hydrogens is 162 g/mol. The van der Waals surface area contributed by atoms with Gasteiger partial charge in [0.05, 0.1) is 6.54 Å². The highest BCUT2D eigenvalue weighted by Crippen LogP contribution is 2.14. The Morgan fingerprint density at radius 2 is 2.15 bits per heavy atom. The van der Waals surface area contributed by atoms with Crippen molar-refractivity contribution < 1.29 is 4.79 Å². The number of rotatable bonds is 1. The maximum Gasteiger partial charge on any atom is 0.149 e. The van der Waals surface area contributed by atoms with Crippen LogP contribution in [0.2, 0.25) is 0 Å². The van der Waals surface area contributed by atoms with Gasteiger partial charge < -0.3 is 0 Å². The summed E-state index contributed by atoms with van der Waals surface area (Å²) in [6, 6.07) is 0. The first-order valence-corrected chi connectivity index (χ1v) is 5.49. The van der Waals surface area contributed by atoms with Gasteiger partial charge in [-0.2, -0.15) is 0 Å². The van der Waals surface area contributed by atoms with Gasteiger partial charge in [0.1, 0.15) is 5.78 Å². The summed E-state index contributed by atoms with van der Waals surface area (Å²) in [5.41, 5.74) is 0. The Morgan fingerprint density at radius 1 is 1.38 bits per heavy atom. The molecule has 2 nitrogen and oxygen atoms in total. The molecule has 1 unspecified atom stereocenters. The molecule has 0 aromatic heterocycles. The molecule has 76 valence electrons. The average Bonchev–Trinajstić information content (AvgIpc) is 2.20. The van der Waals surface area contributed by atoms with Crippen LogP contribution in [-0.2, 0) is 4.79 Å². The van der Waals surface area contributed by atoms with Gasteiger partial charge in [-0.05, 0) is 25.9 Å². The van der Waals surface area contributed by atoms with Crippen molar-refractivity contribution in [1.29, 1.82) is 0 Å². The molecule has 0 aromatic rings. The van der Waals surface area contributed by atoms with Crippen molar-refractivity contribution in [2.45, 2.75) is 39.5 Å². The number of hydrogen-bond acceptors (Lipinski definition) is 2. The van der Waals surface area contributed by atoms with E-state index in [9.17, 15) is 4.79 Å². The summed E-state index contributed by atoms with van der Waals surface area (Å²) in [7, 11) is 0. The molecule has 1 atom stereocenters. The van der Waals surface area contributed by atoms with Gasteiger partial charge in [0.25, 0.3) is 0 Å². The lowest BCUT2D eigenvalue weighted by Crippen LogP contribution is -2.32. The van der Waals surface area contributed by atoms with Crippen LogP contribution in [0.5, 0.6) is 0 Å². The Hall–Kier alpha value is -0.370. The van der Waals surface area contributed by atoms with Gasteiger partial charge in [-0.25, -0.2) is 0 Å². The van der Waals surface area contributed by atoms with Crippen LogP contribution in [0.25, 0.3) is 0 Å². The summed E-state index contributed by atoms with van der Waals surface area (Å²) >= 11 is 0. The molecule has 1 heterocycles. The topological polar surface area (TPSA) is 20.3 Å². The molecule has 2 heteroatoms. The maximum atomic E-state index is 11.6. The highest BCUT2D eigenvalue weighted by Gasteiger charge is 2.17. The quantitative estimate of drug-likeness (QED) is 0.620. The highest BCUT2D eigenvalue weighted by atomic mass is 16.1. The van der Waals surface area contributed by atoms with Crippen LogP contribution in [0.4, 0.5) is 0 Å². The summed E-state index contributed by atoms with van der Waals surface area (Å²) in [4.78, 5) is 13.9. The monoisotopic (exact) mass is 183 g/mol. The van der Waals surface area contributed by atoms with E-state index in [1.807, 2.05) is 0 Å². The Labute approximate surface area is 81.3 Å². The van der Waals surface area contributed by atoms with E-state index >= 15 is 0 Å². The molecule has 0 aliphatic carbocycles. The van der Waals surface area contributed by atoms with Crippen LogP contribution < -0.4 is 0 Å². The predicted octanol–water partition coefficient (Wildman–Crippen LogP) is 2.09. The molecule has 0 bridgehead atoms. The third-order valence-corrected chi connectivity index (χ3v) is 2.99. The second kappa shape index (κ2) is 5.38.